The zero-order valence-electron chi connectivity index (χ0n) is 72.3. The van der Waals surface area contributed by atoms with Crippen LogP contribution in [0.5, 0.6) is 115 Å². The van der Waals surface area contributed by atoms with Crippen LogP contribution in [-0.2, 0) is 0 Å². The SMILES string of the molecule is CC(C)(C)Oc1cc2cc(c1)oc1cc(O)cc(c1)oc1cc3cc(c1)oc1cc4cc(c1)oc1cc5cc(c1)oc1cc(O)cc(c1)oc1cc(cc(c1)oc1cc6cc(c1)oc1cc(cc(c1)oc1cc(O)cc(c1)oc1cc(cc(c1)oc1cc(O)cc(c1)o3)oc1cc(O)cc(c1)o2)Oc1cc(O)cc(c1)O6)Oc1cc(O)cc(c1)OC(C)(C)C(C)(C)Oc1cc(cc(c1)O4)O5. The number of fused-ring (bicyclic) bond motifs is 26. The van der Waals surface area contributed by atoms with E-state index in [1.165, 1.54) is 140 Å². The lowest BCUT2D eigenvalue weighted by Gasteiger charge is -2.41. The van der Waals surface area contributed by atoms with Crippen molar-refractivity contribution in [3.8, 4) is 115 Å². The summed E-state index contributed by atoms with van der Waals surface area (Å²) in [6.07, 6.45) is 0. The third-order valence-electron chi connectivity index (χ3n) is 20.8. The minimum Gasteiger partial charge on any atom is -0.508 e. The van der Waals surface area contributed by atoms with Gasteiger partial charge in [0.1, 0.15) is 288 Å². The summed E-state index contributed by atoms with van der Waals surface area (Å²) in [7, 11) is 0. The fraction of sp³-hybridized carbons (Fsp3) is 0.0943. The molecule has 0 amide bonds. The molecule has 0 saturated carbocycles. The smallest absolute Gasteiger partial charge is 0.142 e. The molecular weight excluding hydrogens is 1740 g/mol. The highest BCUT2D eigenvalue weighted by Crippen LogP contribution is 2.45. The van der Waals surface area contributed by atoms with E-state index in [4.69, 9.17) is 99.7 Å². The van der Waals surface area contributed by atoms with Crippen LogP contribution in [0.1, 0.15) is 48.5 Å². The van der Waals surface area contributed by atoms with Gasteiger partial charge in [0.25, 0.3) is 0 Å². The van der Waals surface area contributed by atoms with Crippen molar-refractivity contribution < 1.29 is 135 Å². The van der Waals surface area contributed by atoms with Gasteiger partial charge < -0.3 is 135 Å². The number of hydrogen-bond donors (Lipinski definition) is 7. The van der Waals surface area contributed by atoms with E-state index >= 15 is 0 Å². The molecule has 0 atom stereocenters. The summed E-state index contributed by atoms with van der Waals surface area (Å²) >= 11 is 0. The minimum atomic E-state index is -1.25. The largest absolute Gasteiger partial charge is 0.508 e. The van der Waals surface area contributed by atoms with Gasteiger partial charge >= 0.3 is 0 Å². The molecule has 674 valence electrons. The second-order valence-electron chi connectivity index (χ2n) is 33.8. The van der Waals surface area contributed by atoms with E-state index in [0.717, 1.165) is 0 Å². The Kier molecular flexibility index (Phi) is 20.7. The van der Waals surface area contributed by atoms with E-state index in [2.05, 4.69) is 0 Å². The van der Waals surface area contributed by atoms with E-state index in [0.29, 0.717) is 5.75 Å². The van der Waals surface area contributed by atoms with Crippen LogP contribution in [0.2, 0.25) is 0 Å². The molecule has 3 aliphatic rings. The molecule has 16 aromatic carbocycles. The highest BCUT2D eigenvalue weighted by atomic mass is 16.6. The van der Waals surface area contributed by atoms with Crippen molar-refractivity contribution in [3.05, 3.63) is 291 Å². The molecular formula is C106H76O29. The van der Waals surface area contributed by atoms with E-state index in [-0.39, 0.29) is 266 Å². The van der Waals surface area contributed by atoms with Gasteiger partial charge in [0, 0.05) is 291 Å². The Morgan fingerprint density at radius 2 is 0.289 bits per heavy atom. The van der Waals surface area contributed by atoms with E-state index < -0.39 is 16.8 Å². The lowest BCUT2D eigenvalue weighted by Crippen LogP contribution is -2.53. The van der Waals surface area contributed by atoms with Crippen LogP contribution >= 0.6 is 0 Å². The molecule has 0 unspecified atom stereocenters. The Balaban J connectivity index is 0.881. The summed E-state index contributed by atoms with van der Waals surface area (Å²) < 4.78 is 147. The zero-order chi connectivity index (χ0) is 92.7. The number of phenolic OH excluding ortho intramolecular Hbond substituents is 7. The van der Waals surface area contributed by atoms with Crippen LogP contribution < -0.4 is 37.9 Å². The molecule has 0 aliphatic carbocycles. The van der Waals surface area contributed by atoms with Crippen molar-refractivity contribution in [1.82, 2.24) is 0 Å². The molecule has 5 heterocycles. The Morgan fingerprint density at radius 3 is 0.474 bits per heavy atom. The average molecular weight is 1810 g/mol. The van der Waals surface area contributed by atoms with Gasteiger partial charge in [0.05, 0.1) is 0 Å². The number of phenols is 7. The van der Waals surface area contributed by atoms with Gasteiger partial charge in [-0.05, 0) is 48.5 Å². The molecule has 0 saturated heterocycles. The lowest BCUT2D eigenvalue weighted by molar-refractivity contribution is -0.0734. The number of rotatable bonds is 1. The van der Waals surface area contributed by atoms with Gasteiger partial charge in [-0.1, -0.05) is 0 Å². The zero-order valence-corrected chi connectivity index (χ0v) is 72.3. The van der Waals surface area contributed by atoms with Crippen LogP contribution in [0.4, 0.5) is 0 Å². The Morgan fingerprint density at radius 1 is 0.163 bits per heavy atom. The predicted octanol–water partition coefficient (Wildman–Crippen LogP) is 30.5. The molecule has 21 rings (SSSR count). The van der Waals surface area contributed by atoms with Crippen molar-refractivity contribution in [1.29, 1.82) is 0 Å². The van der Waals surface area contributed by atoms with E-state index in [1.807, 2.05) is 48.5 Å². The van der Waals surface area contributed by atoms with Crippen molar-refractivity contribution in [2.75, 3.05) is 0 Å². The molecule has 29 nitrogen and oxygen atoms in total. The highest BCUT2D eigenvalue weighted by molar-refractivity contribution is 5.78. The van der Waals surface area contributed by atoms with Gasteiger partial charge in [-0.15, -0.1) is 0 Å². The van der Waals surface area contributed by atoms with E-state index in [9.17, 15) is 35.7 Å². The Bertz CT molecular complexity index is 8770. The summed E-state index contributed by atoms with van der Waals surface area (Å²) in [5, 5.41) is 80.8. The van der Waals surface area contributed by atoms with Crippen molar-refractivity contribution >= 4 is 156 Å². The maximum atomic E-state index is 11.7. The predicted molar refractivity (Wildman–Crippen MR) is 498 cm³/mol. The monoisotopic (exact) mass is 1810 g/mol. The minimum absolute atomic E-state index is 0.0179. The molecule has 135 heavy (non-hydrogen) atoms. The van der Waals surface area contributed by atoms with Crippen molar-refractivity contribution in [3.63, 3.8) is 0 Å². The first-order chi connectivity index (χ1) is 64.8. The highest BCUT2D eigenvalue weighted by Gasteiger charge is 2.42. The molecule has 0 fully saturated rings. The Hall–Kier alpha value is -18.3. The summed E-state index contributed by atoms with van der Waals surface area (Å²) in [6.45, 7) is 12.9. The fourth-order valence-corrected chi connectivity index (χ4v) is 15.0. The van der Waals surface area contributed by atoms with Crippen molar-refractivity contribution in [2.24, 2.45) is 0 Å². The van der Waals surface area contributed by atoms with Crippen molar-refractivity contribution in [2.45, 2.75) is 65.3 Å². The molecule has 2 aromatic heterocycles. The number of ether oxygens (including phenoxy) is 8. The third kappa shape index (κ3) is 20.0. The maximum Gasteiger partial charge on any atom is 0.142 e. The van der Waals surface area contributed by atoms with Gasteiger partial charge in [-0.25, -0.2) is 0 Å². The van der Waals surface area contributed by atoms with Gasteiger partial charge in [-0.2, -0.15) is 0 Å². The molecule has 40 bridgehead atoms. The molecule has 0 spiro atoms. The number of benzene rings is 16. The van der Waals surface area contributed by atoms with E-state index in [1.54, 1.807) is 152 Å². The number of hydrogen-bond acceptors (Lipinski definition) is 29. The fourth-order valence-electron chi connectivity index (χ4n) is 15.0. The number of aromatic hydroxyl groups is 7. The third-order valence-corrected chi connectivity index (χ3v) is 20.8. The molecule has 29 heteroatoms. The first-order valence-electron chi connectivity index (χ1n) is 42.0. The Labute approximate surface area is 759 Å². The van der Waals surface area contributed by atoms with Crippen LogP contribution in [0, 0.1) is 0 Å². The average Bonchev–Trinajstić information content (AvgIpc) is 1.11. The second kappa shape index (κ2) is 33.3. The first kappa shape index (κ1) is 83.6. The molecule has 7 N–H and O–H groups in total. The normalized spacial score (nSPS) is 13.0. The summed E-state index contributed by atoms with van der Waals surface area (Å²) in [4.78, 5) is 0. The molecule has 3 aliphatic heterocycles. The maximum absolute atomic E-state index is 11.7. The summed E-state index contributed by atoms with van der Waals surface area (Å²) in [5.41, 5.74) is -0.624. The quantitative estimate of drug-likeness (QED) is 0.0802. The standard InChI is InChI=1S/C106H76O29/c1-104(2,3)133-102-52-97-49-98(53-102)125-74-19-61(112)17-72(27-74)121-82-32-81-36-88(37-82)129-93-45-94-48-96(47-93)132-100-50-99-54-103(55-100)135-106(6,7)105(4,5)134-101-21-62(113)20-75(51-101)126-86-33-83(120-68-13-59(110)15-70(25-68)123-85-41-92(130-94)46-95(42-85)131-99)38-89(43-86)128-91-40-84-39-90(44-91)127-87-34-79(31-80(35-87)119-67-12-58(109)14-69(24-67)122-84)117-65-10-56(107)8-63(22-65)114-76-28-77(115-64-9-57(108)11-66(23-64)118-81)30-78(29-76)116-71-16-60(111)18-73(26-71)124-97/h8-55,107-113H,1-7H3. The van der Waals surface area contributed by atoms with Crippen LogP contribution in [-0.4, -0.2) is 52.5 Å². The van der Waals surface area contributed by atoms with Crippen LogP contribution in [0.25, 0.3) is 156 Å². The van der Waals surface area contributed by atoms with Gasteiger partial charge in [0.2, 0.25) is 0 Å². The summed E-state index contributed by atoms with van der Waals surface area (Å²) in [5.74, 6) is 0.458. The summed E-state index contributed by atoms with van der Waals surface area (Å²) in [6, 6.07) is 72.6. The van der Waals surface area contributed by atoms with Gasteiger partial charge in [-0.3, -0.25) is 0 Å². The van der Waals surface area contributed by atoms with Crippen LogP contribution in [0.3, 0.4) is 0 Å². The molecule has 18 aromatic rings. The second-order valence-corrected chi connectivity index (χ2v) is 33.8. The molecule has 0 radical (unpaired) electrons. The van der Waals surface area contributed by atoms with Crippen LogP contribution in [0.15, 0.2) is 353 Å². The first-order valence-corrected chi connectivity index (χ1v) is 42.0. The van der Waals surface area contributed by atoms with Gasteiger partial charge in [0.15, 0.2) is 0 Å². The topological polar surface area (TPSA) is 399 Å². The lowest BCUT2D eigenvalue weighted by atomic mass is 9.89.